The van der Waals surface area contributed by atoms with Crippen molar-refractivity contribution in [3.05, 3.63) is 53.6 Å². The van der Waals surface area contributed by atoms with Crippen LogP contribution in [-0.4, -0.2) is 57.5 Å². The van der Waals surface area contributed by atoms with Gasteiger partial charge in [-0.05, 0) is 43.7 Å². The molecule has 2 aromatic carbocycles. The highest BCUT2D eigenvalue weighted by atomic mass is 32.2. The fourth-order valence-electron chi connectivity index (χ4n) is 3.33. The summed E-state index contributed by atoms with van der Waals surface area (Å²) in [5.41, 5.74) is 2.17. The summed E-state index contributed by atoms with van der Waals surface area (Å²) in [6.45, 7) is 7.60. The Balaban J connectivity index is 1.62. The molecule has 1 saturated heterocycles. The van der Waals surface area contributed by atoms with Gasteiger partial charge in [0.25, 0.3) is 0 Å². The third-order valence-corrected chi connectivity index (χ3v) is 6.84. The molecule has 1 heterocycles. The minimum absolute atomic E-state index is 0.364. The predicted molar refractivity (Wildman–Crippen MR) is 109 cm³/mol. The standard InChI is InChI=1S/C21H28N2O4S/c1-4-27-21-15-18(7-10-20(21)26-3)16-22-11-13-23(14-12-22)28(24,25)19-8-5-17(2)6-9-19/h5-10,15H,4,11-14,16H2,1-3H3. The molecule has 0 atom stereocenters. The summed E-state index contributed by atoms with van der Waals surface area (Å²) in [6, 6.07) is 13.0. The van der Waals surface area contributed by atoms with E-state index in [-0.39, 0.29) is 0 Å². The molecule has 7 heteroatoms. The fourth-order valence-corrected chi connectivity index (χ4v) is 4.76. The van der Waals surface area contributed by atoms with Gasteiger partial charge in [0.1, 0.15) is 0 Å². The SMILES string of the molecule is CCOc1cc(CN2CCN(S(=O)(=O)c3ccc(C)cc3)CC2)ccc1OC. The Morgan fingerprint density at radius 3 is 2.25 bits per heavy atom. The zero-order valence-corrected chi connectivity index (χ0v) is 17.5. The number of hydrogen-bond donors (Lipinski definition) is 0. The minimum atomic E-state index is -3.43. The molecule has 0 radical (unpaired) electrons. The Bertz CT molecular complexity index is 889. The van der Waals surface area contributed by atoms with E-state index >= 15 is 0 Å². The Morgan fingerprint density at radius 1 is 0.964 bits per heavy atom. The van der Waals surface area contributed by atoms with Crippen LogP contribution in [-0.2, 0) is 16.6 Å². The van der Waals surface area contributed by atoms with Crippen molar-refractivity contribution in [1.29, 1.82) is 0 Å². The normalized spacial score (nSPS) is 16.1. The summed E-state index contributed by atoms with van der Waals surface area (Å²) in [7, 11) is -1.80. The Morgan fingerprint density at radius 2 is 1.64 bits per heavy atom. The number of methoxy groups -OCH3 is 1. The van der Waals surface area contributed by atoms with E-state index in [2.05, 4.69) is 4.90 Å². The second-order valence-electron chi connectivity index (χ2n) is 6.91. The highest BCUT2D eigenvalue weighted by Gasteiger charge is 2.28. The van der Waals surface area contributed by atoms with Crippen LogP contribution in [0, 0.1) is 6.92 Å². The van der Waals surface area contributed by atoms with Crippen molar-refractivity contribution in [2.24, 2.45) is 0 Å². The van der Waals surface area contributed by atoms with Crippen molar-refractivity contribution in [1.82, 2.24) is 9.21 Å². The highest BCUT2D eigenvalue weighted by Crippen LogP contribution is 2.29. The maximum Gasteiger partial charge on any atom is 0.243 e. The molecule has 152 valence electrons. The van der Waals surface area contributed by atoms with Crippen molar-refractivity contribution in [3.63, 3.8) is 0 Å². The van der Waals surface area contributed by atoms with Crippen LogP contribution in [0.5, 0.6) is 11.5 Å². The van der Waals surface area contributed by atoms with Crippen molar-refractivity contribution in [2.45, 2.75) is 25.3 Å². The number of nitrogens with zero attached hydrogens (tertiary/aromatic N) is 2. The first-order chi connectivity index (χ1) is 13.4. The molecule has 0 bridgehead atoms. The lowest BCUT2D eigenvalue weighted by Crippen LogP contribution is -2.48. The Hall–Kier alpha value is -2.09. The topological polar surface area (TPSA) is 59.1 Å². The van der Waals surface area contributed by atoms with Gasteiger partial charge < -0.3 is 9.47 Å². The lowest BCUT2D eigenvalue weighted by molar-refractivity contribution is 0.181. The van der Waals surface area contributed by atoms with Crippen LogP contribution in [0.2, 0.25) is 0 Å². The van der Waals surface area contributed by atoms with E-state index in [4.69, 9.17) is 9.47 Å². The van der Waals surface area contributed by atoms with Crippen LogP contribution in [0.25, 0.3) is 0 Å². The minimum Gasteiger partial charge on any atom is -0.493 e. The molecule has 0 spiro atoms. The summed E-state index contributed by atoms with van der Waals surface area (Å²) < 4.78 is 38.2. The molecular formula is C21H28N2O4S. The Kier molecular flexibility index (Phi) is 6.59. The summed E-state index contributed by atoms with van der Waals surface area (Å²) in [5.74, 6) is 1.46. The number of sulfonamides is 1. The first-order valence-corrected chi connectivity index (χ1v) is 11.0. The van der Waals surface area contributed by atoms with Gasteiger partial charge in [0.15, 0.2) is 11.5 Å². The third kappa shape index (κ3) is 4.66. The van der Waals surface area contributed by atoms with E-state index in [1.807, 2.05) is 44.2 Å². The summed E-state index contributed by atoms with van der Waals surface area (Å²) in [4.78, 5) is 2.63. The molecular weight excluding hydrogens is 376 g/mol. The van der Waals surface area contributed by atoms with Crippen molar-refractivity contribution in [3.8, 4) is 11.5 Å². The molecule has 0 aromatic heterocycles. The van der Waals surface area contributed by atoms with Crippen LogP contribution < -0.4 is 9.47 Å². The first kappa shape index (κ1) is 20.6. The lowest BCUT2D eigenvalue weighted by Gasteiger charge is -2.34. The fraction of sp³-hybridized carbons (Fsp3) is 0.429. The molecule has 1 fully saturated rings. The van der Waals surface area contributed by atoms with Gasteiger partial charge in [0.05, 0.1) is 18.6 Å². The second-order valence-corrected chi connectivity index (χ2v) is 8.85. The maximum atomic E-state index is 12.8. The van der Waals surface area contributed by atoms with E-state index in [0.29, 0.717) is 37.7 Å². The quantitative estimate of drug-likeness (QED) is 0.710. The number of ether oxygens (including phenoxy) is 2. The molecule has 0 unspecified atom stereocenters. The van der Waals surface area contributed by atoms with Crippen LogP contribution in [0.4, 0.5) is 0 Å². The van der Waals surface area contributed by atoms with Gasteiger partial charge in [-0.15, -0.1) is 0 Å². The molecule has 6 nitrogen and oxygen atoms in total. The van der Waals surface area contributed by atoms with E-state index in [9.17, 15) is 8.42 Å². The number of hydrogen-bond acceptors (Lipinski definition) is 5. The number of aryl methyl sites for hydroxylation is 1. The third-order valence-electron chi connectivity index (χ3n) is 4.92. The molecule has 28 heavy (non-hydrogen) atoms. The summed E-state index contributed by atoms with van der Waals surface area (Å²) in [5, 5.41) is 0. The predicted octanol–water partition coefficient (Wildman–Crippen LogP) is 2.91. The average molecular weight is 405 g/mol. The molecule has 3 rings (SSSR count). The molecule has 2 aromatic rings. The van der Waals surface area contributed by atoms with Crippen LogP contribution in [0.3, 0.4) is 0 Å². The largest absolute Gasteiger partial charge is 0.493 e. The molecule has 0 saturated carbocycles. The van der Waals surface area contributed by atoms with Gasteiger partial charge in [0.2, 0.25) is 10.0 Å². The molecule has 0 N–H and O–H groups in total. The van der Waals surface area contributed by atoms with E-state index in [0.717, 1.165) is 29.2 Å². The zero-order valence-electron chi connectivity index (χ0n) is 16.7. The van der Waals surface area contributed by atoms with Crippen LogP contribution in [0.1, 0.15) is 18.1 Å². The van der Waals surface area contributed by atoms with Crippen LogP contribution in [0.15, 0.2) is 47.4 Å². The molecule has 0 amide bonds. The van der Waals surface area contributed by atoms with Crippen molar-refractivity contribution < 1.29 is 17.9 Å². The summed E-state index contributed by atoms with van der Waals surface area (Å²) >= 11 is 0. The molecule has 0 aliphatic carbocycles. The van der Waals surface area contributed by atoms with Gasteiger partial charge in [-0.2, -0.15) is 4.31 Å². The van der Waals surface area contributed by atoms with Crippen molar-refractivity contribution >= 4 is 10.0 Å². The average Bonchev–Trinajstić information content (AvgIpc) is 2.69. The Labute approximate surface area is 167 Å². The van der Waals surface area contributed by atoms with E-state index in [1.54, 1.807) is 23.5 Å². The highest BCUT2D eigenvalue weighted by molar-refractivity contribution is 7.89. The second kappa shape index (κ2) is 8.94. The smallest absolute Gasteiger partial charge is 0.243 e. The van der Waals surface area contributed by atoms with Gasteiger partial charge in [-0.25, -0.2) is 8.42 Å². The van der Waals surface area contributed by atoms with Gasteiger partial charge in [-0.3, -0.25) is 4.90 Å². The van der Waals surface area contributed by atoms with Gasteiger partial charge in [-0.1, -0.05) is 23.8 Å². The van der Waals surface area contributed by atoms with E-state index < -0.39 is 10.0 Å². The lowest BCUT2D eigenvalue weighted by atomic mass is 10.1. The number of benzene rings is 2. The van der Waals surface area contributed by atoms with E-state index in [1.165, 1.54) is 0 Å². The maximum absolute atomic E-state index is 12.8. The van der Waals surface area contributed by atoms with Gasteiger partial charge in [0, 0.05) is 32.7 Å². The molecule has 1 aliphatic rings. The van der Waals surface area contributed by atoms with Crippen LogP contribution >= 0.6 is 0 Å². The van der Waals surface area contributed by atoms with Gasteiger partial charge >= 0.3 is 0 Å². The zero-order chi connectivity index (χ0) is 20.1. The first-order valence-electron chi connectivity index (χ1n) is 9.53. The summed E-state index contributed by atoms with van der Waals surface area (Å²) in [6.07, 6.45) is 0. The monoisotopic (exact) mass is 404 g/mol. The number of piperazine rings is 1. The number of rotatable bonds is 7. The van der Waals surface area contributed by atoms with Crippen molar-refractivity contribution in [2.75, 3.05) is 39.9 Å². The molecule has 1 aliphatic heterocycles.